The quantitative estimate of drug-likeness (QED) is 0.643. The van der Waals surface area contributed by atoms with Gasteiger partial charge in [0.15, 0.2) is 0 Å². The van der Waals surface area contributed by atoms with Crippen LogP contribution in [0, 0.1) is 6.92 Å². The molecule has 28 heavy (non-hydrogen) atoms. The van der Waals surface area contributed by atoms with Crippen LogP contribution in [-0.4, -0.2) is 49.2 Å². The summed E-state index contributed by atoms with van der Waals surface area (Å²) in [5, 5.41) is 3.53. The summed E-state index contributed by atoms with van der Waals surface area (Å²) in [5.74, 6) is 0.312. The molecule has 0 bridgehead atoms. The van der Waals surface area contributed by atoms with Crippen LogP contribution in [0.15, 0.2) is 28.9 Å². The number of carbonyl (C=O) groups excluding carboxylic acids is 2. The summed E-state index contributed by atoms with van der Waals surface area (Å²) in [6.45, 7) is 6.12. The fourth-order valence-corrected chi connectivity index (χ4v) is 4.19. The lowest BCUT2D eigenvalue weighted by Gasteiger charge is -2.23. The molecule has 1 fully saturated rings. The lowest BCUT2D eigenvalue weighted by Crippen LogP contribution is -2.37. The van der Waals surface area contributed by atoms with Crippen molar-refractivity contribution in [3.05, 3.63) is 40.7 Å². The Bertz CT molecular complexity index is 781. The van der Waals surface area contributed by atoms with E-state index in [1.165, 1.54) is 11.3 Å². The molecule has 1 aliphatic rings. The van der Waals surface area contributed by atoms with Crippen LogP contribution in [0.2, 0.25) is 0 Å². The van der Waals surface area contributed by atoms with Gasteiger partial charge in [-0.25, -0.2) is 4.79 Å². The van der Waals surface area contributed by atoms with Crippen LogP contribution in [0.3, 0.4) is 0 Å². The Kier molecular flexibility index (Phi) is 7.24. The van der Waals surface area contributed by atoms with Crippen LogP contribution in [0.25, 0.3) is 0 Å². The van der Waals surface area contributed by atoms with E-state index in [9.17, 15) is 9.59 Å². The van der Waals surface area contributed by atoms with Gasteiger partial charge in [0, 0.05) is 13.2 Å². The van der Waals surface area contributed by atoms with Gasteiger partial charge in [-0.05, 0) is 50.5 Å². The summed E-state index contributed by atoms with van der Waals surface area (Å²) >= 11 is 1.23. The fourth-order valence-electron chi connectivity index (χ4n) is 3.21. The summed E-state index contributed by atoms with van der Waals surface area (Å²) in [5.41, 5.74) is 0.797. The van der Waals surface area contributed by atoms with E-state index in [0.29, 0.717) is 29.6 Å². The molecule has 1 amide bonds. The van der Waals surface area contributed by atoms with Crippen molar-refractivity contribution in [3.63, 3.8) is 0 Å². The Morgan fingerprint density at radius 3 is 2.96 bits per heavy atom. The van der Waals surface area contributed by atoms with Crippen molar-refractivity contribution in [3.8, 4) is 0 Å². The number of carbonyl (C=O) groups is 2. The Morgan fingerprint density at radius 1 is 1.43 bits per heavy atom. The van der Waals surface area contributed by atoms with E-state index in [0.717, 1.165) is 30.8 Å². The molecule has 1 N–H and O–H groups in total. The average Bonchev–Trinajstić information content (AvgIpc) is 3.38. The van der Waals surface area contributed by atoms with E-state index >= 15 is 0 Å². The van der Waals surface area contributed by atoms with Crippen LogP contribution in [-0.2, 0) is 20.8 Å². The molecule has 1 unspecified atom stereocenters. The number of rotatable bonds is 9. The van der Waals surface area contributed by atoms with Gasteiger partial charge in [-0.15, -0.1) is 11.3 Å². The molecule has 8 heteroatoms. The molecule has 0 aromatic carbocycles. The largest absolute Gasteiger partial charge is 0.468 e. The third-order valence-electron chi connectivity index (χ3n) is 4.45. The summed E-state index contributed by atoms with van der Waals surface area (Å²) in [4.78, 5) is 27.1. The van der Waals surface area contributed by atoms with Gasteiger partial charge in [0.05, 0.1) is 37.1 Å². The van der Waals surface area contributed by atoms with Gasteiger partial charge >= 0.3 is 5.97 Å². The van der Waals surface area contributed by atoms with Gasteiger partial charge in [0.1, 0.15) is 10.6 Å². The van der Waals surface area contributed by atoms with Crippen LogP contribution in [0.4, 0.5) is 5.00 Å². The van der Waals surface area contributed by atoms with E-state index < -0.39 is 0 Å². The zero-order chi connectivity index (χ0) is 19.9. The van der Waals surface area contributed by atoms with Crippen molar-refractivity contribution in [2.45, 2.75) is 39.3 Å². The van der Waals surface area contributed by atoms with Crippen molar-refractivity contribution in [2.75, 3.05) is 31.6 Å². The Labute approximate surface area is 168 Å². The van der Waals surface area contributed by atoms with Crippen molar-refractivity contribution in [2.24, 2.45) is 0 Å². The maximum absolute atomic E-state index is 12.6. The molecule has 0 aliphatic carbocycles. The number of ether oxygens (including phenoxy) is 2. The Morgan fingerprint density at radius 2 is 2.29 bits per heavy atom. The standard InChI is InChI=1S/C20H26N2O5S/c1-3-25-20(24)19-14(2)10-18(28-19)21-17(23)13-22(11-15-6-4-8-26-15)12-16-7-5-9-27-16/h4,6,8,10,16H,3,5,7,9,11-13H2,1-2H3,(H,21,23). The first kappa shape index (κ1) is 20.6. The molecule has 2 aromatic rings. The number of nitrogens with one attached hydrogen (secondary N) is 1. The van der Waals surface area contributed by atoms with E-state index in [1.807, 2.05) is 24.0 Å². The van der Waals surface area contributed by atoms with E-state index in [4.69, 9.17) is 13.9 Å². The Hall–Kier alpha value is -2.16. The number of aryl methyl sites for hydroxylation is 1. The minimum Gasteiger partial charge on any atom is -0.468 e. The van der Waals surface area contributed by atoms with Gasteiger partial charge in [-0.3, -0.25) is 9.69 Å². The Balaban J connectivity index is 1.61. The third kappa shape index (κ3) is 5.67. The van der Waals surface area contributed by atoms with Gasteiger partial charge in [0.25, 0.3) is 0 Å². The van der Waals surface area contributed by atoms with E-state index in [2.05, 4.69) is 5.32 Å². The molecular weight excluding hydrogens is 380 g/mol. The minimum atomic E-state index is -0.358. The molecule has 3 rings (SSSR count). The number of hydrogen-bond acceptors (Lipinski definition) is 7. The number of hydrogen-bond donors (Lipinski definition) is 1. The molecule has 152 valence electrons. The van der Waals surface area contributed by atoms with Crippen LogP contribution in [0.1, 0.15) is 40.8 Å². The molecule has 1 aliphatic heterocycles. The average molecular weight is 407 g/mol. The monoisotopic (exact) mass is 406 g/mol. The third-order valence-corrected chi connectivity index (χ3v) is 5.59. The van der Waals surface area contributed by atoms with Crippen LogP contribution >= 0.6 is 11.3 Å². The molecule has 0 saturated carbocycles. The smallest absolute Gasteiger partial charge is 0.348 e. The highest BCUT2D eigenvalue weighted by atomic mass is 32.1. The second-order valence-corrected chi connectivity index (χ2v) is 7.83. The van der Waals surface area contributed by atoms with Gasteiger partial charge < -0.3 is 19.2 Å². The predicted octanol–water partition coefficient (Wildman–Crippen LogP) is 3.45. The molecular formula is C20H26N2O5S. The number of esters is 1. The first-order valence-corrected chi connectivity index (χ1v) is 10.3. The highest BCUT2D eigenvalue weighted by Crippen LogP contribution is 2.27. The number of nitrogens with zero attached hydrogens (tertiary/aromatic N) is 1. The van der Waals surface area contributed by atoms with Gasteiger partial charge in [0.2, 0.25) is 5.91 Å². The fraction of sp³-hybridized carbons (Fsp3) is 0.500. The highest BCUT2D eigenvalue weighted by molar-refractivity contribution is 7.18. The van der Waals surface area contributed by atoms with Crippen LogP contribution < -0.4 is 5.32 Å². The second-order valence-electron chi connectivity index (χ2n) is 6.78. The lowest BCUT2D eigenvalue weighted by molar-refractivity contribution is -0.117. The summed E-state index contributed by atoms with van der Waals surface area (Å²) < 4.78 is 16.2. The molecule has 2 aromatic heterocycles. The number of anilines is 1. The van der Waals surface area contributed by atoms with Crippen molar-refractivity contribution in [1.82, 2.24) is 4.90 Å². The van der Waals surface area contributed by atoms with Crippen molar-refractivity contribution < 1.29 is 23.5 Å². The molecule has 0 radical (unpaired) electrons. The summed E-state index contributed by atoms with van der Waals surface area (Å²) in [7, 11) is 0. The topological polar surface area (TPSA) is 81.0 Å². The SMILES string of the molecule is CCOC(=O)c1sc(NC(=O)CN(Cc2ccco2)CC2CCCO2)cc1C. The molecule has 7 nitrogen and oxygen atoms in total. The lowest BCUT2D eigenvalue weighted by atomic mass is 10.2. The minimum absolute atomic E-state index is 0.138. The first-order chi connectivity index (χ1) is 13.5. The van der Waals surface area contributed by atoms with Crippen molar-refractivity contribution in [1.29, 1.82) is 0 Å². The predicted molar refractivity (Wildman–Crippen MR) is 107 cm³/mol. The number of furan rings is 1. The molecule has 3 heterocycles. The van der Waals surface area contributed by atoms with Crippen LogP contribution in [0.5, 0.6) is 0 Å². The van der Waals surface area contributed by atoms with Gasteiger partial charge in [-0.2, -0.15) is 0 Å². The zero-order valence-corrected chi connectivity index (χ0v) is 17.0. The van der Waals surface area contributed by atoms with Crippen molar-refractivity contribution >= 4 is 28.2 Å². The highest BCUT2D eigenvalue weighted by Gasteiger charge is 2.22. The molecule has 1 saturated heterocycles. The van der Waals surface area contributed by atoms with E-state index in [1.54, 1.807) is 19.3 Å². The van der Waals surface area contributed by atoms with E-state index in [-0.39, 0.29) is 24.5 Å². The maximum Gasteiger partial charge on any atom is 0.348 e. The number of amides is 1. The number of thiophene rings is 1. The molecule has 1 atom stereocenters. The summed E-state index contributed by atoms with van der Waals surface area (Å²) in [6.07, 6.45) is 3.83. The maximum atomic E-state index is 12.6. The first-order valence-electron chi connectivity index (χ1n) is 9.49. The normalized spacial score (nSPS) is 16.5. The van der Waals surface area contributed by atoms with Gasteiger partial charge in [-0.1, -0.05) is 0 Å². The zero-order valence-electron chi connectivity index (χ0n) is 16.2. The molecule has 0 spiro atoms. The second kappa shape index (κ2) is 9.86. The summed E-state index contributed by atoms with van der Waals surface area (Å²) in [6, 6.07) is 5.53.